The first-order chi connectivity index (χ1) is 15.7. The Hall–Kier alpha value is -0.370. The largest absolute Gasteiger partial charge is 0.374 e. The first-order valence-electron chi connectivity index (χ1n) is 11.6. The van der Waals surface area contributed by atoms with E-state index in [1.807, 2.05) is 45.9 Å². The minimum Gasteiger partial charge on any atom is -0.374 e. The highest BCUT2D eigenvalue weighted by molar-refractivity contribution is 14.1. The summed E-state index contributed by atoms with van der Waals surface area (Å²) in [5, 5.41) is 0. The lowest BCUT2D eigenvalue weighted by molar-refractivity contribution is -0.253. The molecule has 0 N–H and O–H groups in total. The molecule has 0 spiro atoms. The van der Waals surface area contributed by atoms with E-state index in [1.54, 1.807) is 0 Å². The summed E-state index contributed by atoms with van der Waals surface area (Å²) in [5.74, 6) is -1.39. The fourth-order valence-electron chi connectivity index (χ4n) is 4.79. The zero-order valence-corrected chi connectivity index (χ0v) is 21.6. The van der Waals surface area contributed by atoms with Crippen molar-refractivity contribution in [2.45, 2.75) is 99.3 Å². The molecule has 0 bridgehead atoms. The average Bonchev–Trinajstić information content (AvgIpc) is 3.46. The third-order valence-corrected chi connectivity index (χ3v) is 7.34. The summed E-state index contributed by atoms with van der Waals surface area (Å²) in [6, 6.07) is 10.1. The summed E-state index contributed by atoms with van der Waals surface area (Å²) in [6.45, 7) is 9.07. The van der Waals surface area contributed by atoms with Gasteiger partial charge in [0.2, 0.25) is 0 Å². The van der Waals surface area contributed by atoms with Crippen LogP contribution in [0.1, 0.15) is 39.7 Å². The van der Waals surface area contributed by atoms with Crippen LogP contribution in [-0.4, -0.2) is 71.8 Å². The zero-order chi connectivity index (χ0) is 23.2. The van der Waals surface area contributed by atoms with Crippen molar-refractivity contribution in [2.75, 3.05) is 13.2 Å². The molecule has 0 aliphatic carbocycles. The van der Waals surface area contributed by atoms with Gasteiger partial charge in [-0.2, -0.15) is 0 Å². The minimum atomic E-state index is -0.734. The molecule has 1 aromatic rings. The molecule has 4 fully saturated rings. The summed E-state index contributed by atoms with van der Waals surface area (Å²) in [7, 11) is 0. The number of hydrogen-bond acceptors (Lipinski definition) is 8. The lowest BCUT2D eigenvalue weighted by Gasteiger charge is -2.31. The molecule has 5 rings (SSSR count). The quantitative estimate of drug-likeness (QED) is 0.361. The fourth-order valence-corrected chi connectivity index (χ4v) is 5.70. The predicted molar refractivity (Wildman–Crippen MR) is 126 cm³/mol. The van der Waals surface area contributed by atoms with E-state index in [1.165, 1.54) is 0 Å². The van der Waals surface area contributed by atoms with Crippen molar-refractivity contribution in [3.8, 4) is 0 Å². The van der Waals surface area contributed by atoms with Crippen LogP contribution in [0.25, 0.3) is 0 Å². The second-order valence-electron chi connectivity index (χ2n) is 9.92. The monoisotopic (exact) mass is 576 g/mol. The van der Waals surface area contributed by atoms with Crippen molar-refractivity contribution in [3.05, 3.63) is 35.9 Å². The van der Waals surface area contributed by atoms with Gasteiger partial charge in [0.25, 0.3) is 0 Å². The van der Waals surface area contributed by atoms with E-state index < -0.39 is 30.3 Å². The molecule has 33 heavy (non-hydrogen) atoms. The van der Waals surface area contributed by atoms with Crippen LogP contribution in [0, 0.1) is 0 Å². The van der Waals surface area contributed by atoms with Gasteiger partial charge < -0.3 is 37.9 Å². The van der Waals surface area contributed by atoms with E-state index in [0.717, 1.165) is 12.0 Å². The summed E-state index contributed by atoms with van der Waals surface area (Å²) in [6.07, 6.45) is -1.49. The second kappa shape index (κ2) is 9.59. The van der Waals surface area contributed by atoms with Gasteiger partial charge in [-0.1, -0.05) is 52.9 Å². The van der Waals surface area contributed by atoms with Gasteiger partial charge in [0, 0.05) is 0 Å². The number of alkyl halides is 1. The van der Waals surface area contributed by atoms with E-state index in [2.05, 4.69) is 34.7 Å². The molecule has 0 amide bonds. The number of rotatable bonds is 7. The zero-order valence-electron chi connectivity index (χ0n) is 19.5. The van der Waals surface area contributed by atoms with Crippen LogP contribution in [0.2, 0.25) is 0 Å². The molecule has 1 aromatic carbocycles. The van der Waals surface area contributed by atoms with Gasteiger partial charge >= 0.3 is 0 Å². The number of ether oxygens (including phenoxy) is 8. The Balaban J connectivity index is 1.21. The topological polar surface area (TPSA) is 73.8 Å². The van der Waals surface area contributed by atoms with Crippen molar-refractivity contribution < 1.29 is 37.9 Å². The standard InChI is InChI=1S/C24H33IO8/c1-23(2)27-13-17(31-23)18-19(20-22(29-18)33-24(3,4)32-20)30-21-16(25)10-15(28-21)12-26-11-14-8-6-5-7-9-14/h5-9,15-22H,10-13H2,1-4H3/t15-,16-,17+,18+,19-,20+,21+,22+/m0/s1. The predicted octanol–water partition coefficient (Wildman–Crippen LogP) is 3.53. The van der Waals surface area contributed by atoms with Crippen molar-refractivity contribution in [1.82, 2.24) is 0 Å². The van der Waals surface area contributed by atoms with Crippen molar-refractivity contribution in [1.29, 1.82) is 0 Å². The Bertz CT molecular complexity index is 805. The van der Waals surface area contributed by atoms with E-state index in [0.29, 0.717) is 19.8 Å². The highest BCUT2D eigenvalue weighted by atomic mass is 127. The third-order valence-electron chi connectivity index (χ3n) is 6.24. The van der Waals surface area contributed by atoms with E-state index >= 15 is 0 Å². The summed E-state index contributed by atoms with van der Waals surface area (Å²) >= 11 is 2.39. The maximum Gasteiger partial charge on any atom is 0.190 e. The Morgan fingerprint density at radius 1 is 0.970 bits per heavy atom. The molecule has 184 valence electrons. The van der Waals surface area contributed by atoms with Crippen LogP contribution in [0.5, 0.6) is 0 Å². The summed E-state index contributed by atoms with van der Waals surface area (Å²) in [5.41, 5.74) is 1.15. The van der Waals surface area contributed by atoms with Crippen LogP contribution >= 0.6 is 22.6 Å². The van der Waals surface area contributed by atoms with E-state index in [-0.39, 0.29) is 28.3 Å². The van der Waals surface area contributed by atoms with Gasteiger partial charge in [0.1, 0.15) is 24.4 Å². The molecule has 0 saturated carbocycles. The first-order valence-corrected chi connectivity index (χ1v) is 12.8. The molecule has 4 saturated heterocycles. The highest BCUT2D eigenvalue weighted by Crippen LogP contribution is 2.43. The molecular formula is C24H33IO8. The molecule has 0 radical (unpaired) electrons. The van der Waals surface area contributed by atoms with Gasteiger partial charge in [0.05, 0.1) is 29.8 Å². The highest BCUT2D eigenvalue weighted by Gasteiger charge is 2.60. The number of benzene rings is 1. The lowest BCUT2D eigenvalue weighted by Crippen LogP contribution is -2.46. The van der Waals surface area contributed by atoms with Crippen molar-refractivity contribution in [3.63, 3.8) is 0 Å². The van der Waals surface area contributed by atoms with Crippen molar-refractivity contribution >= 4 is 22.6 Å². The Labute approximate surface area is 208 Å². The molecule has 0 aromatic heterocycles. The SMILES string of the molecule is CC1(C)O[C@H]2O[C@H]([C@H]3COC(C)(C)O3)[C@H](O[C@H]3O[C@H](COCc4ccccc4)C[C@@H]3I)[C@H]2O1. The molecule has 0 unspecified atom stereocenters. The molecule has 4 heterocycles. The van der Waals surface area contributed by atoms with Gasteiger partial charge in [-0.25, -0.2) is 0 Å². The minimum absolute atomic E-state index is 0.0284. The normalized spacial score (nSPS) is 41.5. The Morgan fingerprint density at radius 3 is 2.48 bits per heavy atom. The van der Waals surface area contributed by atoms with Crippen LogP contribution < -0.4 is 0 Å². The molecule has 8 nitrogen and oxygen atoms in total. The molecular weight excluding hydrogens is 543 g/mol. The second-order valence-corrected chi connectivity index (χ2v) is 11.5. The van der Waals surface area contributed by atoms with E-state index in [4.69, 9.17) is 37.9 Å². The molecule has 4 aliphatic heterocycles. The fraction of sp³-hybridized carbons (Fsp3) is 0.750. The number of fused-ring (bicyclic) bond motifs is 1. The average molecular weight is 576 g/mol. The van der Waals surface area contributed by atoms with Crippen LogP contribution in [0.3, 0.4) is 0 Å². The number of hydrogen-bond donors (Lipinski definition) is 0. The Kier molecular flexibility index (Phi) is 7.07. The van der Waals surface area contributed by atoms with Crippen molar-refractivity contribution in [2.24, 2.45) is 0 Å². The van der Waals surface area contributed by atoms with E-state index in [9.17, 15) is 0 Å². The van der Waals surface area contributed by atoms with Gasteiger partial charge in [-0.15, -0.1) is 0 Å². The Morgan fingerprint density at radius 2 is 1.76 bits per heavy atom. The molecule has 9 heteroatoms. The summed E-state index contributed by atoms with van der Waals surface area (Å²) in [4.78, 5) is 0. The van der Waals surface area contributed by atoms with Crippen LogP contribution in [0.15, 0.2) is 30.3 Å². The first kappa shape index (κ1) is 24.3. The molecule has 4 aliphatic rings. The maximum absolute atomic E-state index is 6.53. The molecule has 8 atom stereocenters. The number of halogens is 1. The third kappa shape index (κ3) is 5.57. The summed E-state index contributed by atoms with van der Waals surface area (Å²) < 4.78 is 49.1. The smallest absolute Gasteiger partial charge is 0.190 e. The van der Waals surface area contributed by atoms with Gasteiger partial charge in [0.15, 0.2) is 24.2 Å². The van der Waals surface area contributed by atoms with Gasteiger partial charge in [-0.3, -0.25) is 0 Å². The van der Waals surface area contributed by atoms with Gasteiger partial charge in [-0.05, 0) is 39.7 Å². The lowest BCUT2D eigenvalue weighted by atomic mass is 10.1. The van der Waals surface area contributed by atoms with Crippen LogP contribution in [-0.2, 0) is 44.5 Å². The van der Waals surface area contributed by atoms with Crippen LogP contribution in [0.4, 0.5) is 0 Å². The maximum atomic E-state index is 6.53.